The summed E-state index contributed by atoms with van der Waals surface area (Å²) < 4.78 is 5.38. The lowest BCUT2D eigenvalue weighted by atomic mass is 10.1. The highest BCUT2D eigenvalue weighted by Gasteiger charge is 2.34. The molecule has 2 fully saturated rings. The van der Waals surface area contributed by atoms with E-state index in [1.165, 1.54) is 12.8 Å². The van der Waals surface area contributed by atoms with Crippen LogP contribution in [0.2, 0.25) is 0 Å². The number of morpholine rings is 1. The van der Waals surface area contributed by atoms with E-state index in [1.807, 2.05) is 4.90 Å². The molecule has 0 bridgehead atoms. The second-order valence-electron chi connectivity index (χ2n) is 4.76. The van der Waals surface area contributed by atoms with Gasteiger partial charge in [0.15, 0.2) is 0 Å². The lowest BCUT2D eigenvalue weighted by molar-refractivity contribution is -0.157. The van der Waals surface area contributed by atoms with Crippen LogP contribution in [0.3, 0.4) is 0 Å². The Hall–Kier alpha value is -1.10. The predicted molar refractivity (Wildman–Crippen MR) is 60.6 cm³/mol. The molecule has 2 aliphatic rings. The van der Waals surface area contributed by atoms with Gasteiger partial charge in [-0.3, -0.25) is 9.59 Å². The normalized spacial score (nSPS) is 26.5. The molecule has 0 radical (unpaired) electrons. The number of rotatable bonds is 4. The van der Waals surface area contributed by atoms with Gasteiger partial charge in [0, 0.05) is 19.0 Å². The van der Waals surface area contributed by atoms with Crippen LogP contribution in [-0.2, 0) is 14.3 Å². The molecule has 1 amide bonds. The molecule has 96 valence electrons. The fraction of sp³-hybridized carbons (Fsp3) is 0.833. The molecule has 1 heterocycles. The molecular formula is C12H19NO4. The predicted octanol–water partition coefficient (Wildman–Crippen LogP) is 1.02. The van der Waals surface area contributed by atoms with Gasteiger partial charge in [-0.2, -0.15) is 0 Å². The summed E-state index contributed by atoms with van der Waals surface area (Å²) in [6, 6.07) is 0.360. The summed E-state index contributed by atoms with van der Waals surface area (Å²) in [7, 11) is 0. The summed E-state index contributed by atoms with van der Waals surface area (Å²) in [5, 5.41) is 8.63. The first kappa shape index (κ1) is 12.4. The Labute approximate surface area is 101 Å². The van der Waals surface area contributed by atoms with Crippen LogP contribution in [0.25, 0.3) is 0 Å². The number of carbonyl (C=O) groups excluding carboxylic acids is 1. The third-order valence-corrected chi connectivity index (χ3v) is 3.60. The van der Waals surface area contributed by atoms with Gasteiger partial charge in [0.2, 0.25) is 0 Å². The Morgan fingerprint density at radius 2 is 2.12 bits per heavy atom. The quantitative estimate of drug-likeness (QED) is 0.798. The summed E-state index contributed by atoms with van der Waals surface area (Å²) in [6.07, 6.45) is 4.28. The average molecular weight is 241 g/mol. The summed E-state index contributed by atoms with van der Waals surface area (Å²) in [5.41, 5.74) is 0. The molecule has 1 unspecified atom stereocenters. The Morgan fingerprint density at radius 1 is 1.41 bits per heavy atom. The number of nitrogens with zero attached hydrogens (tertiary/aromatic N) is 1. The molecule has 1 N–H and O–H groups in total. The van der Waals surface area contributed by atoms with Gasteiger partial charge in [0.25, 0.3) is 5.91 Å². The summed E-state index contributed by atoms with van der Waals surface area (Å²) in [5.74, 6) is -0.885. The van der Waals surface area contributed by atoms with E-state index in [-0.39, 0.29) is 18.7 Å². The zero-order chi connectivity index (χ0) is 12.3. The van der Waals surface area contributed by atoms with E-state index >= 15 is 0 Å². The number of ether oxygens (including phenoxy) is 1. The molecular weight excluding hydrogens is 222 g/mol. The third kappa shape index (κ3) is 2.97. The molecule has 1 aliphatic carbocycles. The lowest BCUT2D eigenvalue weighted by Gasteiger charge is -2.36. The topological polar surface area (TPSA) is 66.8 Å². The van der Waals surface area contributed by atoms with Crippen molar-refractivity contribution in [1.82, 2.24) is 4.90 Å². The van der Waals surface area contributed by atoms with Crippen molar-refractivity contribution in [2.45, 2.75) is 50.7 Å². The molecule has 1 saturated carbocycles. The number of hydrogen-bond donors (Lipinski definition) is 1. The lowest BCUT2D eigenvalue weighted by Crippen LogP contribution is -2.51. The molecule has 2 rings (SSSR count). The molecule has 1 saturated heterocycles. The van der Waals surface area contributed by atoms with Gasteiger partial charge < -0.3 is 14.7 Å². The van der Waals surface area contributed by atoms with Crippen molar-refractivity contribution in [2.24, 2.45) is 0 Å². The third-order valence-electron chi connectivity index (χ3n) is 3.60. The minimum Gasteiger partial charge on any atom is -0.481 e. The second kappa shape index (κ2) is 5.49. The number of amides is 1. The van der Waals surface area contributed by atoms with Crippen LogP contribution in [0, 0.1) is 0 Å². The molecule has 1 atom stereocenters. The van der Waals surface area contributed by atoms with Crippen LogP contribution < -0.4 is 0 Å². The van der Waals surface area contributed by atoms with Gasteiger partial charge in [-0.15, -0.1) is 0 Å². The Kier molecular flexibility index (Phi) is 3.99. The molecule has 0 aromatic rings. The number of carboxylic acid groups (broad SMARTS) is 1. The first-order chi connectivity index (χ1) is 8.18. The smallest absolute Gasteiger partial charge is 0.303 e. The van der Waals surface area contributed by atoms with Gasteiger partial charge in [-0.1, -0.05) is 12.8 Å². The molecule has 17 heavy (non-hydrogen) atoms. The van der Waals surface area contributed by atoms with Gasteiger partial charge >= 0.3 is 5.97 Å². The van der Waals surface area contributed by atoms with Crippen molar-refractivity contribution in [3.63, 3.8) is 0 Å². The molecule has 5 nitrogen and oxygen atoms in total. The summed E-state index contributed by atoms with van der Waals surface area (Å²) in [4.78, 5) is 24.5. The van der Waals surface area contributed by atoms with Gasteiger partial charge in [-0.05, 0) is 19.3 Å². The van der Waals surface area contributed by atoms with Crippen molar-refractivity contribution in [2.75, 3.05) is 13.2 Å². The maximum atomic E-state index is 12.1. The van der Waals surface area contributed by atoms with Crippen molar-refractivity contribution >= 4 is 11.9 Å². The van der Waals surface area contributed by atoms with Crippen molar-refractivity contribution < 1.29 is 19.4 Å². The summed E-state index contributed by atoms with van der Waals surface area (Å²) >= 11 is 0. The van der Waals surface area contributed by atoms with Crippen LogP contribution in [0.4, 0.5) is 0 Å². The zero-order valence-corrected chi connectivity index (χ0v) is 9.93. The zero-order valence-electron chi connectivity index (χ0n) is 9.93. The molecule has 1 aliphatic heterocycles. The van der Waals surface area contributed by atoms with E-state index in [4.69, 9.17) is 9.84 Å². The minimum atomic E-state index is -0.876. The van der Waals surface area contributed by atoms with Crippen LogP contribution in [0.5, 0.6) is 0 Å². The number of carbonyl (C=O) groups is 2. The van der Waals surface area contributed by atoms with Crippen molar-refractivity contribution in [1.29, 1.82) is 0 Å². The second-order valence-corrected chi connectivity index (χ2v) is 4.76. The highest BCUT2D eigenvalue weighted by molar-refractivity contribution is 5.82. The Morgan fingerprint density at radius 3 is 2.76 bits per heavy atom. The van der Waals surface area contributed by atoms with Gasteiger partial charge in [0.1, 0.15) is 6.10 Å². The average Bonchev–Trinajstić information content (AvgIpc) is 2.81. The van der Waals surface area contributed by atoms with Crippen molar-refractivity contribution in [3.05, 3.63) is 0 Å². The van der Waals surface area contributed by atoms with E-state index in [9.17, 15) is 9.59 Å². The Balaban J connectivity index is 1.91. The van der Waals surface area contributed by atoms with Crippen LogP contribution >= 0.6 is 0 Å². The van der Waals surface area contributed by atoms with Crippen LogP contribution in [-0.4, -0.2) is 47.2 Å². The molecule has 0 aromatic heterocycles. The fourth-order valence-corrected chi connectivity index (χ4v) is 2.70. The maximum absolute atomic E-state index is 12.1. The SMILES string of the molecule is O=C(O)CCC1OCCN(C2CCCC2)C1=O. The van der Waals surface area contributed by atoms with E-state index in [2.05, 4.69) is 0 Å². The van der Waals surface area contributed by atoms with E-state index in [0.717, 1.165) is 12.8 Å². The molecule has 5 heteroatoms. The van der Waals surface area contributed by atoms with E-state index < -0.39 is 12.1 Å². The number of aliphatic carboxylic acids is 1. The molecule has 0 spiro atoms. The number of carboxylic acids is 1. The van der Waals surface area contributed by atoms with E-state index in [0.29, 0.717) is 19.2 Å². The molecule has 0 aromatic carbocycles. The largest absolute Gasteiger partial charge is 0.481 e. The first-order valence-corrected chi connectivity index (χ1v) is 6.32. The highest BCUT2D eigenvalue weighted by atomic mass is 16.5. The van der Waals surface area contributed by atoms with Gasteiger partial charge in [0.05, 0.1) is 6.61 Å². The van der Waals surface area contributed by atoms with Crippen LogP contribution in [0.1, 0.15) is 38.5 Å². The van der Waals surface area contributed by atoms with Gasteiger partial charge in [-0.25, -0.2) is 0 Å². The maximum Gasteiger partial charge on any atom is 0.303 e. The minimum absolute atomic E-state index is 0.00505. The standard InChI is InChI=1S/C12H19NO4/c14-11(15)6-5-10-12(16)13(7-8-17-10)9-3-1-2-4-9/h9-10H,1-8H2,(H,14,15). The van der Waals surface area contributed by atoms with Crippen LogP contribution in [0.15, 0.2) is 0 Å². The highest BCUT2D eigenvalue weighted by Crippen LogP contribution is 2.26. The fourth-order valence-electron chi connectivity index (χ4n) is 2.70. The van der Waals surface area contributed by atoms with E-state index in [1.54, 1.807) is 0 Å². The monoisotopic (exact) mass is 241 g/mol. The number of hydrogen-bond acceptors (Lipinski definition) is 3. The summed E-state index contributed by atoms with van der Waals surface area (Å²) in [6.45, 7) is 1.19. The Bertz CT molecular complexity index is 299. The van der Waals surface area contributed by atoms with Crippen molar-refractivity contribution in [3.8, 4) is 0 Å². The first-order valence-electron chi connectivity index (χ1n) is 6.32.